The third-order valence-electron chi connectivity index (χ3n) is 4.22. The number of carbonyl (C=O) groups excluding carboxylic acids is 1. The average Bonchev–Trinajstić information content (AvgIpc) is 2.49. The van der Waals surface area contributed by atoms with E-state index in [1.807, 2.05) is 6.07 Å². The Hall–Kier alpha value is -1.40. The molecule has 1 aliphatic carbocycles. The molecule has 0 radical (unpaired) electrons. The highest BCUT2D eigenvalue weighted by Gasteiger charge is 2.25. The first kappa shape index (κ1) is 14.5. The van der Waals surface area contributed by atoms with Crippen LogP contribution < -0.4 is 10.0 Å². The van der Waals surface area contributed by atoms with Gasteiger partial charge in [-0.1, -0.05) is 6.07 Å². The second-order valence-electron chi connectivity index (χ2n) is 5.80. The molecule has 2 aliphatic rings. The van der Waals surface area contributed by atoms with Crippen LogP contribution in [0.4, 0.5) is 0 Å². The molecule has 0 bridgehead atoms. The molecule has 1 atom stereocenters. The zero-order chi connectivity index (χ0) is 14.9. The molecular formula is C15H20N2O3S. The van der Waals surface area contributed by atoms with E-state index in [0.717, 1.165) is 24.8 Å². The van der Waals surface area contributed by atoms with Crippen molar-refractivity contribution in [2.45, 2.75) is 49.5 Å². The molecule has 1 aliphatic heterocycles. The van der Waals surface area contributed by atoms with E-state index >= 15 is 0 Å². The molecule has 1 unspecified atom stereocenters. The van der Waals surface area contributed by atoms with Gasteiger partial charge >= 0.3 is 0 Å². The van der Waals surface area contributed by atoms with Crippen LogP contribution in [0.15, 0.2) is 23.1 Å². The summed E-state index contributed by atoms with van der Waals surface area (Å²) in [4.78, 5) is 11.4. The number of aryl methyl sites for hydroxylation is 2. The third-order valence-corrected chi connectivity index (χ3v) is 5.74. The van der Waals surface area contributed by atoms with Crippen molar-refractivity contribution < 1.29 is 13.2 Å². The van der Waals surface area contributed by atoms with Gasteiger partial charge in [-0.15, -0.1) is 0 Å². The lowest BCUT2D eigenvalue weighted by Crippen LogP contribution is -2.47. The number of hydrogen-bond donors (Lipinski definition) is 2. The Morgan fingerprint density at radius 2 is 1.86 bits per heavy atom. The van der Waals surface area contributed by atoms with Gasteiger partial charge in [0.15, 0.2) is 0 Å². The summed E-state index contributed by atoms with van der Waals surface area (Å²) in [7, 11) is -3.51. The predicted octanol–water partition coefficient (Wildman–Crippen LogP) is 1.12. The van der Waals surface area contributed by atoms with Crippen molar-refractivity contribution >= 4 is 15.9 Å². The van der Waals surface area contributed by atoms with E-state index in [1.54, 1.807) is 12.1 Å². The van der Waals surface area contributed by atoms with Gasteiger partial charge in [0.05, 0.1) is 4.90 Å². The number of benzene rings is 1. The highest BCUT2D eigenvalue weighted by molar-refractivity contribution is 7.89. The third kappa shape index (κ3) is 3.27. The lowest BCUT2D eigenvalue weighted by Gasteiger charge is -2.24. The molecular weight excluding hydrogens is 288 g/mol. The van der Waals surface area contributed by atoms with Crippen LogP contribution >= 0.6 is 0 Å². The summed E-state index contributed by atoms with van der Waals surface area (Å²) >= 11 is 0. The number of hydrogen-bond acceptors (Lipinski definition) is 3. The van der Waals surface area contributed by atoms with Gasteiger partial charge in [0.2, 0.25) is 15.9 Å². The summed E-state index contributed by atoms with van der Waals surface area (Å²) in [5.41, 5.74) is 2.42. The molecule has 1 amide bonds. The normalized spacial score (nSPS) is 22.5. The summed E-state index contributed by atoms with van der Waals surface area (Å²) in [6, 6.07) is 5.21. The molecule has 5 nitrogen and oxygen atoms in total. The van der Waals surface area contributed by atoms with Gasteiger partial charge in [0.1, 0.15) is 0 Å². The number of piperidine rings is 1. The van der Waals surface area contributed by atoms with Gasteiger partial charge in [-0.05, 0) is 55.4 Å². The Balaban J connectivity index is 1.76. The molecule has 0 spiro atoms. The number of sulfonamides is 1. The number of nitrogens with one attached hydrogen (secondary N) is 2. The lowest BCUT2D eigenvalue weighted by molar-refractivity contribution is -0.122. The van der Waals surface area contributed by atoms with Crippen molar-refractivity contribution in [1.29, 1.82) is 0 Å². The minimum atomic E-state index is -3.51. The molecule has 0 aromatic heterocycles. The van der Waals surface area contributed by atoms with Crippen molar-refractivity contribution in [3.63, 3.8) is 0 Å². The largest absolute Gasteiger partial charge is 0.355 e. The zero-order valence-electron chi connectivity index (χ0n) is 11.9. The summed E-state index contributed by atoms with van der Waals surface area (Å²) in [5, 5.41) is 2.69. The minimum absolute atomic E-state index is 0.0146. The lowest BCUT2D eigenvalue weighted by atomic mass is 9.92. The Bertz CT molecular complexity index is 645. The van der Waals surface area contributed by atoms with E-state index in [9.17, 15) is 13.2 Å². The molecule has 21 heavy (non-hydrogen) atoms. The monoisotopic (exact) mass is 308 g/mol. The number of fused-ring (bicyclic) bond motifs is 1. The molecule has 6 heteroatoms. The quantitative estimate of drug-likeness (QED) is 0.879. The van der Waals surface area contributed by atoms with Crippen molar-refractivity contribution in [1.82, 2.24) is 10.0 Å². The van der Waals surface area contributed by atoms with Gasteiger partial charge in [0.25, 0.3) is 0 Å². The smallest absolute Gasteiger partial charge is 0.240 e. The Labute approximate surface area is 125 Å². The standard InChI is InChI=1S/C15H20N2O3S/c18-15-8-6-13(10-16-15)17-21(19,20)14-7-5-11-3-1-2-4-12(11)9-14/h5,7,9,13,17H,1-4,6,8,10H2,(H,16,18). The van der Waals surface area contributed by atoms with Crippen molar-refractivity contribution in [2.75, 3.05) is 6.54 Å². The fourth-order valence-electron chi connectivity index (χ4n) is 3.00. The Morgan fingerprint density at radius 3 is 2.57 bits per heavy atom. The Kier molecular flexibility index (Phi) is 3.99. The van der Waals surface area contributed by atoms with E-state index in [4.69, 9.17) is 0 Å². The van der Waals surface area contributed by atoms with E-state index in [2.05, 4.69) is 10.0 Å². The molecule has 3 rings (SSSR count). The van der Waals surface area contributed by atoms with Crippen LogP contribution in [0, 0.1) is 0 Å². The summed E-state index contributed by atoms with van der Waals surface area (Å²) in [6.07, 6.45) is 5.22. The molecule has 1 heterocycles. The fraction of sp³-hybridized carbons (Fsp3) is 0.533. The molecule has 1 fully saturated rings. The average molecular weight is 308 g/mol. The molecule has 1 saturated heterocycles. The van der Waals surface area contributed by atoms with Crippen LogP contribution in [0.3, 0.4) is 0 Å². The van der Waals surface area contributed by atoms with Crippen LogP contribution in [0.5, 0.6) is 0 Å². The van der Waals surface area contributed by atoms with Crippen LogP contribution in [0.1, 0.15) is 36.8 Å². The van der Waals surface area contributed by atoms with E-state index in [1.165, 1.54) is 12.0 Å². The van der Waals surface area contributed by atoms with Crippen LogP contribution in [0.2, 0.25) is 0 Å². The Morgan fingerprint density at radius 1 is 1.10 bits per heavy atom. The first-order valence-corrected chi connectivity index (χ1v) is 8.94. The maximum Gasteiger partial charge on any atom is 0.240 e. The van der Waals surface area contributed by atoms with E-state index in [0.29, 0.717) is 24.3 Å². The second-order valence-corrected chi connectivity index (χ2v) is 7.51. The summed E-state index contributed by atoms with van der Waals surface area (Å²) in [6.45, 7) is 0.364. The van der Waals surface area contributed by atoms with Gasteiger partial charge in [-0.3, -0.25) is 4.79 Å². The van der Waals surface area contributed by atoms with Crippen LogP contribution in [-0.4, -0.2) is 26.9 Å². The molecule has 1 aromatic rings. The van der Waals surface area contributed by atoms with Crippen molar-refractivity contribution in [3.05, 3.63) is 29.3 Å². The highest BCUT2D eigenvalue weighted by Crippen LogP contribution is 2.24. The van der Waals surface area contributed by atoms with Gasteiger partial charge in [-0.2, -0.15) is 0 Å². The zero-order valence-corrected chi connectivity index (χ0v) is 12.7. The van der Waals surface area contributed by atoms with Crippen LogP contribution in [0.25, 0.3) is 0 Å². The topological polar surface area (TPSA) is 75.3 Å². The number of amides is 1. The fourth-order valence-corrected chi connectivity index (χ4v) is 4.32. The van der Waals surface area contributed by atoms with Crippen LogP contribution in [-0.2, 0) is 27.7 Å². The first-order chi connectivity index (χ1) is 10.0. The summed E-state index contributed by atoms with van der Waals surface area (Å²) in [5.74, 6) is -0.0146. The first-order valence-electron chi connectivity index (χ1n) is 7.45. The maximum atomic E-state index is 12.4. The van der Waals surface area contributed by atoms with Gasteiger partial charge < -0.3 is 5.32 Å². The molecule has 2 N–H and O–H groups in total. The van der Waals surface area contributed by atoms with E-state index < -0.39 is 10.0 Å². The number of carbonyl (C=O) groups is 1. The predicted molar refractivity (Wildman–Crippen MR) is 79.4 cm³/mol. The molecule has 0 saturated carbocycles. The molecule has 114 valence electrons. The maximum absolute atomic E-state index is 12.4. The van der Waals surface area contributed by atoms with E-state index in [-0.39, 0.29) is 11.9 Å². The van der Waals surface area contributed by atoms with Crippen molar-refractivity contribution in [2.24, 2.45) is 0 Å². The number of rotatable bonds is 3. The van der Waals surface area contributed by atoms with Gasteiger partial charge in [0, 0.05) is 19.0 Å². The second kappa shape index (κ2) is 5.77. The van der Waals surface area contributed by atoms with Crippen molar-refractivity contribution in [3.8, 4) is 0 Å². The minimum Gasteiger partial charge on any atom is -0.355 e. The molecule has 1 aromatic carbocycles. The summed E-state index contributed by atoms with van der Waals surface area (Å²) < 4.78 is 27.6. The SMILES string of the molecule is O=C1CCC(NS(=O)(=O)c2ccc3c(c2)CCCC3)CN1. The van der Waals surface area contributed by atoms with Gasteiger partial charge in [-0.25, -0.2) is 13.1 Å². The highest BCUT2D eigenvalue weighted by atomic mass is 32.2.